The first-order chi connectivity index (χ1) is 14.7. The third-order valence-corrected chi connectivity index (χ3v) is 6.11. The standard InChI is InChI=1S/C24H26N4O2/c1-17-14-18-6-2-3-7-21(18)28(17)16-22-20(10-13-30-22)24(29)26-23-9-8-19(15-25-23)27-11-4-5-12-27/h2-3,6-10,13,15,17H,4-5,11-12,14,16H2,1H3,(H,25,26,29). The number of benzene rings is 1. The average Bonchev–Trinajstić information content (AvgIpc) is 3.50. The van der Waals surface area contributed by atoms with Crippen molar-refractivity contribution in [3.05, 3.63) is 71.8 Å². The van der Waals surface area contributed by atoms with E-state index in [0.29, 0.717) is 29.7 Å². The number of amides is 1. The van der Waals surface area contributed by atoms with Crippen LogP contribution in [0.25, 0.3) is 0 Å². The summed E-state index contributed by atoms with van der Waals surface area (Å²) in [5.41, 5.74) is 4.21. The molecule has 0 bridgehead atoms. The van der Waals surface area contributed by atoms with Crippen molar-refractivity contribution in [2.45, 2.75) is 38.8 Å². The first-order valence-corrected chi connectivity index (χ1v) is 10.6. The van der Waals surface area contributed by atoms with Crippen LogP contribution in [-0.2, 0) is 13.0 Å². The number of furan rings is 1. The predicted molar refractivity (Wildman–Crippen MR) is 118 cm³/mol. The first kappa shape index (κ1) is 18.7. The van der Waals surface area contributed by atoms with Gasteiger partial charge in [-0.15, -0.1) is 0 Å². The van der Waals surface area contributed by atoms with Crippen molar-refractivity contribution in [3.8, 4) is 0 Å². The largest absolute Gasteiger partial charge is 0.467 e. The van der Waals surface area contributed by atoms with E-state index in [1.807, 2.05) is 18.3 Å². The molecule has 0 radical (unpaired) electrons. The maximum absolute atomic E-state index is 12.9. The second kappa shape index (κ2) is 7.86. The molecule has 5 rings (SSSR count). The molecule has 1 fully saturated rings. The number of aromatic nitrogens is 1. The number of carbonyl (C=O) groups excluding carboxylic acids is 1. The lowest BCUT2D eigenvalue weighted by Crippen LogP contribution is -2.29. The molecule has 6 heteroatoms. The van der Waals surface area contributed by atoms with Crippen LogP contribution >= 0.6 is 0 Å². The number of pyridine rings is 1. The van der Waals surface area contributed by atoms with Crippen molar-refractivity contribution < 1.29 is 9.21 Å². The van der Waals surface area contributed by atoms with Crippen LogP contribution in [0, 0.1) is 0 Å². The molecule has 1 aromatic carbocycles. The van der Waals surface area contributed by atoms with Gasteiger partial charge >= 0.3 is 0 Å². The van der Waals surface area contributed by atoms with Crippen LogP contribution in [0.15, 0.2) is 59.3 Å². The number of carbonyl (C=O) groups is 1. The molecule has 6 nitrogen and oxygen atoms in total. The number of anilines is 3. The molecule has 2 aliphatic rings. The normalized spacial score (nSPS) is 18.0. The zero-order valence-corrected chi connectivity index (χ0v) is 17.2. The van der Waals surface area contributed by atoms with Crippen molar-refractivity contribution in [2.75, 3.05) is 28.2 Å². The first-order valence-electron chi connectivity index (χ1n) is 10.6. The van der Waals surface area contributed by atoms with Crippen LogP contribution in [0.2, 0.25) is 0 Å². The zero-order valence-electron chi connectivity index (χ0n) is 17.2. The molecule has 2 aliphatic heterocycles. The molecular weight excluding hydrogens is 376 g/mol. The Hall–Kier alpha value is -3.28. The van der Waals surface area contributed by atoms with E-state index in [2.05, 4.69) is 51.3 Å². The highest BCUT2D eigenvalue weighted by Gasteiger charge is 2.28. The molecule has 30 heavy (non-hydrogen) atoms. The van der Waals surface area contributed by atoms with Gasteiger partial charge in [0.05, 0.1) is 30.3 Å². The summed E-state index contributed by atoms with van der Waals surface area (Å²) in [6, 6.07) is 14.4. The molecule has 1 atom stereocenters. The number of hydrogen-bond acceptors (Lipinski definition) is 5. The van der Waals surface area contributed by atoms with Crippen molar-refractivity contribution in [1.29, 1.82) is 0 Å². The van der Waals surface area contributed by atoms with Crippen LogP contribution in [0.3, 0.4) is 0 Å². The summed E-state index contributed by atoms with van der Waals surface area (Å²) in [6.45, 7) is 4.91. The third kappa shape index (κ3) is 3.54. The number of para-hydroxylation sites is 1. The van der Waals surface area contributed by atoms with E-state index in [1.54, 1.807) is 12.3 Å². The Balaban J connectivity index is 1.29. The summed E-state index contributed by atoms with van der Waals surface area (Å²) < 4.78 is 5.71. The van der Waals surface area contributed by atoms with Crippen LogP contribution in [-0.4, -0.2) is 30.0 Å². The lowest BCUT2D eigenvalue weighted by molar-refractivity contribution is 0.102. The Kier molecular flexibility index (Phi) is 4.91. The summed E-state index contributed by atoms with van der Waals surface area (Å²) in [6.07, 6.45) is 6.87. The van der Waals surface area contributed by atoms with Gasteiger partial charge in [-0.3, -0.25) is 4.79 Å². The number of nitrogens with zero attached hydrogens (tertiary/aromatic N) is 3. The molecule has 1 saturated heterocycles. The van der Waals surface area contributed by atoms with Gasteiger partial charge in [0.2, 0.25) is 0 Å². The minimum absolute atomic E-state index is 0.194. The van der Waals surface area contributed by atoms with Crippen LogP contribution < -0.4 is 15.1 Å². The van der Waals surface area contributed by atoms with Crippen LogP contribution in [0.5, 0.6) is 0 Å². The predicted octanol–water partition coefficient (Wildman–Crippen LogP) is 4.48. The highest BCUT2D eigenvalue weighted by molar-refractivity contribution is 6.04. The molecule has 1 unspecified atom stereocenters. The Morgan fingerprint density at radius 1 is 1.17 bits per heavy atom. The maximum atomic E-state index is 12.9. The summed E-state index contributed by atoms with van der Waals surface area (Å²) in [5, 5.41) is 2.91. The molecule has 1 N–H and O–H groups in total. The van der Waals surface area contributed by atoms with E-state index in [0.717, 1.165) is 25.2 Å². The van der Waals surface area contributed by atoms with Gasteiger partial charge in [0.15, 0.2) is 0 Å². The van der Waals surface area contributed by atoms with Gasteiger partial charge in [-0.25, -0.2) is 4.98 Å². The highest BCUT2D eigenvalue weighted by Crippen LogP contribution is 2.33. The fourth-order valence-corrected chi connectivity index (χ4v) is 4.50. The van der Waals surface area contributed by atoms with Crippen molar-refractivity contribution in [2.24, 2.45) is 0 Å². The maximum Gasteiger partial charge on any atom is 0.260 e. The minimum Gasteiger partial charge on any atom is -0.467 e. The zero-order chi connectivity index (χ0) is 20.5. The molecule has 4 heterocycles. The van der Waals surface area contributed by atoms with Gasteiger partial charge in [-0.1, -0.05) is 18.2 Å². The SMILES string of the molecule is CC1Cc2ccccc2N1Cc1occc1C(=O)Nc1ccc(N2CCCC2)cn1. The second-order valence-corrected chi connectivity index (χ2v) is 8.12. The topological polar surface area (TPSA) is 61.6 Å². The smallest absolute Gasteiger partial charge is 0.260 e. The molecular formula is C24H26N4O2. The van der Waals surface area contributed by atoms with Gasteiger partial charge in [0.1, 0.15) is 11.6 Å². The van der Waals surface area contributed by atoms with E-state index in [-0.39, 0.29) is 5.91 Å². The number of nitrogens with one attached hydrogen (secondary N) is 1. The molecule has 0 aliphatic carbocycles. The Morgan fingerprint density at radius 3 is 2.80 bits per heavy atom. The number of rotatable bonds is 5. The Labute approximate surface area is 176 Å². The van der Waals surface area contributed by atoms with Crippen LogP contribution in [0.4, 0.5) is 17.2 Å². The molecule has 2 aromatic heterocycles. The fourth-order valence-electron chi connectivity index (χ4n) is 4.50. The van der Waals surface area contributed by atoms with E-state index in [4.69, 9.17) is 4.42 Å². The van der Waals surface area contributed by atoms with Gasteiger partial charge in [-0.05, 0) is 56.0 Å². The third-order valence-electron chi connectivity index (χ3n) is 6.11. The molecule has 1 amide bonds. The monoisotopic (exact) mass is 402 g/mol. The summed E-state index contributed by atoms with van der Waals surface area (Å²) in [5.74, 6) is 1.03. The lowest BCUT2D eigenvalue weighted by Gasteiger charge is -2.24. The van der Waals surface area contributed by atoms with E-state index in [1.165, 1.54) is 24.1 Å². The molecule has 0 saturated carbocycles. The fraction of sp³-hybridized carbons (Fsp3) is 0.333. The highest BCUT2D eigenvalue weighted by atomic mass is 16.3. The van der Waals surface area contributed by atoms with Gasteiger partial charge in [-0.2, -0.15) is 0 Å². The minimum atomic E-state index is -0.194. The summed E-state index contributed by atoms with van der Waals surface area (Å²) in [7, 11) is 0. The number of hydrogen-bond donors (Lipinski definition) is 1. The molecule has 3 aromatic rings. The quantitative estimate of drug-likeness (QED) is 0.682. The van der Waals surface area contributed by atoms with Crippen LogP contribution in [0.1, 0.15) is 41.4 Å². The summed E-state index contributed by atoms with van der Waals surface area (Å²) in [4.78, 5) is 22.0. The second-order valence-electron chi connectivity index (χ2n) is 8.12. The molecule has 154 valence electrons. The van der Waals surface area contributed by atoms with E-state index < -0.39 is 0 Å². The summed E-state index contributed by atoms with van der Waals surface area (Å²) >= 11 is 0. The average molecular weight is 402 g/mol. The van der Waals surface area contributed by atoms with Gasteiger partial charge in [0.25, 0.3) is 5.91 Å². The van der Waals surface area contributed by atoms with Gasteiger partial charge < -0.3 is 19.5 Å². The van der Waals surface area contributed by atoms with Gasteiger partial charge in [0, 0.05) is 24.8 Å². The van der Waals surface area contributed by atoms with E-state index in [9.17, 15) is 4.79 Å². The number of fused-ring (bicyclic) bond motifs is 1. The Bertz CT molecular complexity index is 1040. The van der Waals surface area contributed by atoms with Crippen molar-refractivity contribution in [1.82, 2.24) is 4.98 Å². The van der Waals surface area contributed by atoms with E-state index >= 15 is 0 Å². The molecule has 0 spiro atoms. The Morgan fingerprint density at radius 2 is 2.00 bits per heavy atom. The van der Waals surface area contributed by atoms with Crippen molar-refractivity contribution in [3.63, 3.8) is 0 Å². The lowest BCUT2D eigenvalue weighted by atomic mass is 10.1. The van der Waals surface area contributed by atoms with Crippen molar-refractivity contribution >= 4 is 23.1 Å².